The molecule has 3 saturated carbocycles. The Balaban J connectivity index is 1.44. The number of anilines is 1. The Kier molecular flexibility index (Phi) is 5.09. The molecule has 5 nitrogen and oxygen atoms in total. The molecule has 9 heteroatoms. The standard InChI is InChI=1S/C20H22ClF3N4O/c1-29-14-11-26-17(21)28-16(14)27-12-18-4-7-19(8-5-18,9-6-18)15-3-2-13(10-25-15)20(22,23)24/h2-3,10-11H,4-9,12H2,1H3,(H,26,27,28). The average molecular weight is 427 g/mol. The van der Waals surface area contributed by atoms with Crippen molar-refractivity contribution in [3.8, 4) is 5.75 Å². The van der Waals surface area contributed by atoms with E-state index in [-0.39, 0.29) is 16.1 Å². The number of hydrogen-bond donors (Lipinski definition) is 1. The lowest BCUT2D eigenvalue weighted by molar-refractivity contribution is -0.137. The first-order valence-electron chi connectivity index (χ1n) is 9.60. The number of hydrogen-bond acceptors (Lipinski definition) is 5. The highest BCUT2D eigenvalue weighted by Gasteiger charge is 2.50. The number of methoxy groups -OCH3 is 1. The highest BCUT2D eigenvalue weighted by Crippen LogP contribution is 2.57. The maximum absolute atomic E-state index is 12.8. The Bertz CT molecular complexity index is 864. The highest BCUT2D eigenvalue weighted by atomic mass is 35.5. The van der Waals surface area contributed by atoms with Gasteiger partial charge < -0.3 is 10.1 Å². The summed E-state index contributed by atoms with van der Waals surface area (Å²) in [5.41, 5.74) is 0.119. The molecule has 0 radical (unpaired) electrons. The quantitative estimate of drug-likeness (QED) is 0.661. The molecule has 156 valence electrons. The second-order valence-electron chi connectivity index (χ2n) is 8.12. The van der Waals surface area contributed by atoms with E-state index in [1.54, 1.807) is 19.4 Å². The zero-order chi connectivity index (χ0) is 20.7. The van der Waals surface area contributed by atoms with E-state index in [1.807, 2.05) is 0 Å². The van der Waals surface area contributed by atoms with Crippen LogP contribution in [0.4, 0.5) is 19.0 Å². The molecule has 2 bridgehead atoms. The molecule has 3 aliphatic carbocycles. The topological polar surface area (TPSA) is 59.9 Å². The number of ether oxygens (including phenoxy) is 1. The second-order valence-corrected chi connectivity index (χ2v) is 8.46. The van der Waals surface area contributed by atoms with Gasteiger partial charge >= 0.3 is 6.18 Å². The third kappa shape index (κ3) is 3.86. The fourth-order valence-corrected chi connectivity index (χ4v) is 4.82. The smallest absolute Gasteiger partial charge is 0.417 e. The molecule has 2 heterocycles. The Morgan fingerprint density at radius 2 is 1.76 bits per heavy atom. The van der Waals surface area contributed by atoms with Crippen LogP contribution >= 0.6 is 11.6 Å². The lowest BCUT2D eigenvalue weighted by Gasteiger charge is -2.53. The van der Waals surface area contributed by atoms with Gasteiger partial charge in [-0.3, -0.25) is 4.98 Å². The molecule has 0 atom stereocenters. The molecule has 3 fully saturated rings. The van der Waals surface area contributed by atoms with Gasteiger partial charge in [-0.1, -0.05) is 0 Å². The average Bonchev–Trinajstić information content (AvgIpc) is 2.73. The number of nitrogens with one attached hydrogen (secondary N) is 1. The molecule has 0 aromatic carbocycles. The number of alkyl halides is 3. The Morgan fingerprint density at radius 3 is 2.31 bits per heavy atom. The molecular formula is C20H22ClF3N4O. The predicted octanol–water partition coefficient (Wildman–Crippen LogP) is 5.26. The van der Waals surface area contributed by atoms with E-state index in [4.69, 9.17) is 16.3 Å². The van der Waals surface area contributed by atoms with Crippen molar-refractivity contribution in [2.24, 2.45) is 5.41 Å². The van der Waals surface area contributed by atoms with Crippen LogP contribution in [-0.2, 0) is 11.6 Å². The van der Waals surface area contributed by atoms with E-state index >= 15 is 0 Å². The van der Waals surface area contributed by atoms with Crippen molar-refractivity contribution in [3.05, 3.63) is 41.1 Å². The van der Waals surface area contributed by atoms with Gasteiger partial charge in [0, 0.05) is 23.9 Å². The SMILES string of the molecule is COc1cnc(Cl)nc1NCC12CCC(c3ccc(C(F)(F)F)cn3)(CC1)CC2. The minimum Gasteiger partial charge on any atom is -0.491 e. The number of rotatable bonds is 5. The van der Waals surface area contributed by atoms with Crippen LogP contribution in [0.3, 0.4) is 0 Å². The van der Waals surface area contributed by atoms with Gasteiger partial charge in [0.15, 0.2) is 11.6 Å². The van der Waals surface area contributed by atoms with Gasteiger partial charge in [-0.15, -0.1) is 0 Å². The zero-order valence-electron chi connectivity index (χ0n) is 16.0. The van der Waals surface area contributed by atoms with Crippen LogP contribution in [-0.4, -0.2) is 28.6 Å². The number of fused-ring (bicyclic) bond motifs is 3. The molecule has 0 unspecified atom stereocenters. The molecule has 0 aliphatic heterocycles. The molecule has 0 spiro atoms. The fourth-order valence-electron chi connectivity index (χ4n) is 4.68. The van der Waals surface area contributed by atoms with E-state index < -0.39 is 11.7 Å². The number of nitrogens with zero attached hydrogens (tertiary/aromatic N) is 3. The Morgan fingerprint density at radius 1 is 1.07 bits per heavy atom. The molecule has 3 aliphatic rings. The first kappa shape index (κ1) is 20.2. The maximum atomic E-state index is 12.8. The summed E-state index contributed by atoms with van der Waals surface area (Å²) < 4.78 is 43.8. The summed E-state index contributed by atoms with van der Waals surface area (Å²) in [7, 11) is 1.56. The molecule has 2 aromatic heterocycles. The monoisotopic (exact) mass is 426 g/mol. The molecule has 1 N–H and O–H groups in total. The molecule has 2 aromatic rings. The minimum absolute atomic E-state index is 0.109. The van der Waals surface area contributed by atoms with E-state index in [2.05, 4.69) is 20.3 Å². The summed E-state index contributed by atoms with van der Waals surface area (Å²) in [5, 5.41) is 3.52. The third-order valence-electron chi connectivity index (χ3n) is 6.61. The maximum Gasteiger partial charge on any atom is 0.417 e. The van der Waals surface area contributed by atoms with Crippen molar-refractivity contribution < 1.29 is 17.9 Å². The molecule has 0 saturated heterocycles. The highest BCUT2D eigenvalue weighted by molar-refractivity contribution is 6.28. The van der Waals surface area contributed by atoms with Crippen molar-refractivity contribution in [2.75, 3.05) is 19.0 Å². The summed E-state index contributed by atoms with van der Waals surface area (Å²) in [6.45, 7) is 0.743. The molecular weight excluding hydrogens is 405 g/mol. The van der Waals surface area contributed by atoms with Gasteiger partial charge in [0.05, 0.1) is 18.9 Å². The molecule has 0 amide bonds. The van der Waals surface area contributed by atoms with Crippen molar-refractivity contribution in [3.63, 3.8) is 0 Å². The van der Waals surface area contributed by atoms with E-state index in [9.17, 15) is 13.2 Å². The summed E-state index contributed by atoms with van der Waals surface area (Å²) in [4.78, 5) is 12.3. The van der Waals surface area contributed by atoms with Crippen LogP contribution in [0, 0.1) is 5.41 Å². The first-order chi connectivity index (χ1) is 13.8. The van der Waals surface area contributed by atoms with Crippen LogP contribution in [0.25, 0.3) is 0 Å². The number of aromatic nitrogens is 3. The predicted molar refractivity (Wildman–Crippen MR) is 103 cm³/mol. The lowest BCUT2D eigenvalue weighted by Crippen LogP contribution is -2.47. The number of halogens is 4. The van der Waals surface area contributed by atoms with Gasteiger partial charge in [-0.05, 0) is 67.7 Å². The molecule has 5 rings (SSSR count). The Hall–Kier alpha value is -2.09. The summed E-state index contributed by atoms with van der Waals surface area (Å²) >= 11 is 5.90. The first-order valence-corrected chi connectivity index (χ1v) is 9.97. The van der Waals surface area contributed by atoms with Gasteiger partial charge in [0.1, 0.15) is 0 Å². The summed E-state index contributed by atoms with van der Waals surface area (Å²) in [5.74, 6) is 1.12. The minimum atomic E-state index is -4.35. The lowest BCUT2D eigenvalue weighted by atomic mass is 9.52. The fraction of sp³-hybridized carbons (Fsp3) is 0.550. The van der Waals surface area contributed by atoms with Gasteiger partial charge in [-0.25, -0.2) is 4.98 Å². The summed E-state index contributed by atoms with van der Waals surface area (Å²) in [6.07, 6.45) is 3.90. The van der Waals surface area contributed by atoms with Gasteiger partial charge in [0.25, 0.3) is 0 Å². The van der Waals surface area contributed by atoms with Crippen LogP contribution in [0.5, 0.6) is 5.75 Å². The van der Waals surface area contributed by atoms with E-state index in [1.165, 1.54) is 0 Å². The van der Waals surface area contributed by atoms with Gasteiger partial charge in [0.2, 0.25) is 5.28 Å². The number of pyridine rings is 1. The second kappa shape index (κ2) is 7.31. The van der Waals surface area contributed by atoms with Crippen LogP contribution in [0.1, 0.15) is 49.8 Å². The Labute approximate surface area is 172 Å². The van der Waals surface area contributed by atoms with Crippen molar-refractivity contribution in [1.82, 2.24) is 15.0 Å². The van der Waals surface area contributed by atoms with E-state index in [0.717, 1.165) is 63.0 Å². The van der Waals surface area contributed by atoms with Crippen LogP contribution in [0.2, 0.25) is 5.28 Å². The normalized spacial score (nSPS) is 26.4. The van der Waals surface area contributed by atoms with Crippen molar-refractivity contribution in [2.45, 2.75) is 50.1 Å². The summed E-state index contributed by atoms with van der Waals surface area (Å²) in [6, 6.07) is 2.72. The third-order valence-corrected chi connectivity index (χ3v) is 6.79. The van der Waals surface area contributed by atoms with Crippen molar-refractivity contribution in [1.29, 1.82) is 0 Å². The van der Waals surface area contributed by atoms with Crippen molar-refractivity contribution >= 4 is 17.4 Å². The largest absolute Gasteiger partial charge is 0.491 e. The van der Waals surface area contributed by atoms with E-state index in [0.29, 0.717) is 11.6 Å². The van der Waals surface area contributed by atoms with Gasteiger partial charge in [-0.2, -0.15) is 18.2 Å². The van der Waals surface area contributed by atoms with Crippen LogP contribution < -0.4 is 10.1 Å². The zero-order valence-corrected chi connectivity index (χ0v) is 16.8. The molecule has 29 heavy (non-hydrogen) atoms. The van der Waals surface area contributed by atoms with Crippen LogP contribution in [0.15, 0.2) is 24.5 Å².